The van der Waals surface area contributed by atoms with Crippen LogP contribution in [0.2, 0.25) is 0 Å². The number of piperazine rings is 1. The Kier molecular flexibility index (Phi) is 3.12. The summed E-state index contributed by atoms with van der Waals surface area (Å²) in [4.78, 5) is 35.9. The maximum atomic E-state index is 11.6. The lowest BCUT2D eigenvalue weighted by atomic mass is 9.84. The first-order chi connectivity index (χ1) is 8.02. The van der Waals surface area contributed by atoms with Crippen LogP contribution in [0.3, 0.4) is 0 Å². The van der Waals surface area contributed by atoms with E-state index in [0.29, 0.717) is 19.6 Å². The number of hydrogen-bond donors (Lipinski definition) is 3. The van der Waals surface area contributed by atoms with Crippen molar-refractivity contribution in [3.63, 3.8) is 0 Å². The molecule has 2 fully saturated rings. The molecule has 2 saturated heterocycles. The lowest BCUT2D eigenvalue weighted by Gasteiger charge is -2.49. The molecule has 2 heterocycles. The topological polar surface area (TPSA) is 105 Å². The van der Waals surface area contributed by atoms with Crippen molar-refractivity contribution in [2.45, 2.75) is 19.1 Å². The first-order valence-electron chi connectivity index (χ1n) is 5.59. The molecule has 0 aliphatic carbocycles. The first kappa shape index (κ1) is 12.0. The van der Waals surface area contributed by atoms with Crippen molar-refractivity contribution in [1.82, 2.24) is 15.5 Å². The third-order valence-corrected chi connectivity index (χ3v) is 3.27. The predicted molar refractivity (Wildman–Crippen MR) is 58.7 cm³/mol. The molecule has 2 rings (SSSR count). The number of primary amides is 1. The second-order valence-electron chi connectivity index (χ2n) is 4.41. The Labute approximate surface area is 98.7 Å². The SMILES string of the molecule is CC(=O)C1C(C(N)=O)CN1C1NCCNC1=O. The van der Waals surface area contributed by atoms with E-state index in [0.717, 1.165) is 0 Å². The molecule has 3 unspecified atom stereocenters. The molecule has 7 nitrogen and oxygen atoms in total. The summed E-state index contributed by atoms with van der Waals surface area (Å²) in [6, 6.07) is -0.575. The number of amides is 2. The van der Waals surface area contributed by atoms with Crippen molar-refractivity contribution in [1.29, 1.82) is 0 Å². The highest BCUT2D eigenvalue weighted by Crippen LogP contribution is 2.27. The van der Waals surface area contributed by atoms with Crippen LogP contribution in [0.4, 0.5) is 0 Å². The Morgan fingerprint density at radius 3 is 2.65 bits per heavy atom. The van der Waals surface area contributed by atoms with Crippen LogP contribution in [0, 0.1) is 5.92 Å². The zero-order valence-electron chi connectivity index (χ0n) is 9.60. The van der Waals surface area contributed by atoms with Gasteiger partial charge >= 0.3 is 0 Å². The Bertz CT molecular complexity index is 371. The normalized spacial score (nSPS) is 33.7. The summed E-state index contributed by atoms with van der Waals surface area (Å²) in [5.41, 5.74) is 5.21. The number of Topliss-reactive ketones (excluding diaryl/α,β-unsaturated/α-hetero) is 1. The smallest absolute Gasteiger partial charge is 0.252 e. The average Bonchev–Trinajstić information content (AvgIpc) is 2.17. The van der Waals surface area contributed by atoms with Gasteiger partial charge in [-0.2, -0.15) is 0 Å². The number of carbonyl (C=O) groups excluding carboxylic acids is 3. The summed E-state index contributed by atoms with van der Waals surface area (Å²) in [6.45, 7) is 2.99. The predicted octanol–water partition coefficient (Wildman–Crippen LogP) is -2.59. The third-order valence-electron chi connectivity index (χ3n) is 3.27. The minimum Gasteiger partial charge on any atom is -0.369 e. The van der Waals surface area contributed by atoms with Crippen LogP contribution in [-0.2, 0) is 14.4 Å². The number of nitrogens with one attached hydrogen (secondary N) is 2. The molecule has 0 aromatic carbocycles. The summed E-state index contributed by atoms with van der Waals surface area (Å²) in [5, 5.41) is 5.74. The van der Waals surface area contributed by atoms with E-state index in [4.69, 9.17) is 5.73 Å². The van der Waals surface area contributed by atoms with Gasteiger partial charge in [-0.15, -0.1) is 0 Å². The molecular formula is C10H16N4O3. The molecule has 2 aliphatic heterocycles. The van der Waals surface area contributed by atoms with Crippen LogP contribution < -0.4 is 16.4 Å². The summed E-state index contributed by atoms with van der Waals surface area (Å²) in [7, 11) is 0. The second kappa shape index (κ2) is 4.42. The second-order valence-corrected chi connectivity index (χ2v) is 4.41. The van der Waals surface area contributed by atoms with E-state index in [1.165, 1.54) is 6.92 Å². The number of carbonyl (C=O) groups is 3. The average molecular weight is 240 g/mol. The van der Waals surface area contributed by atoms with Gasteiger partial charge in [0.1, 0.15) is 11.9 Å². The van der Waals surface area contributed by atoms with Crippen molar-refractivity contribution < 1.29 is 14.4 Å². The van der Waals surface area contributed by atoms with Crippen LogP contribution in [0.1, 0.15) is 6.92 Å². The van der Waals surface area contributed by atoms with Gasteiger partial charge in [0.25, 0.3) is 5.91 Å². The van der Waals surface area contributed by atoms with E-state index in [1.54, 1.807) is 4.90 Å². The highest BCUT2D eigenvalue weighted by molar-refractivity contribution is 5.92. The maximum Gasteiger partial charge on any atom is 0.252 e. The molecule has 0 bridgehead atoms. The van der Waals surface area contributed by atoms with E-state index in [-0.39, 0.29) is 11.7 Å². The van der Waals surface area contributed by atoms with E-state index >= 15 is 0 Å². The highest BCUT2D eigenvalue weighted by atomic mass is 16.2. The van der Waals surface area contributed by atoms with Crippen LogP contribution in [0.5, 0.6) is 0 Å². The Balaban J connectivity index is 2.09. The molecular weight excluding hydrogens is 224 g/mol. The van der Waals surface area contributed by atoms with Crippen molar-refractivity contribution in [2.75, 3.05) is 19.6 Å². The van der Waals surface area contributed by atoms with E-state index in [9.17, 15) is 14.4 Å². The Morgan fingerprint density at radius 2 is 2.12 bits per heavy atom. The van der Waals surface area contributed by atoms with Crippen LogP contribution in [0.25, 0.3) is 0 Å². The summed E-state index contributed by atoms with van der Waals surface area (Å²) in [6.07, 6.45) is -0.534. The number of nitrogens with zero attached hydrogens (tertiary/aromatic N) is 1. The van der Waals surface area contributed by atoms with Gasteiger partial charge in [0, 0.05) is 19.6 Å². The fourth-order valence-corrected chi connectivity index (χ4v) is 2.41. The fraction of sp³-hybridized carbons (Fsp3) is 0.700. The van der Waals surface area contributed by atoms with Crippen LogP contribution in [-0.4, -0.2) is 54.3 Å². The van der Waals surface area contributed by atoms with E-state index in [2.05, 4.69) is 10.6 Å². The molecule has 2 amide bonds. The maximum absolute atomic E-state index is 11.6. The molecule has 3 atom stereocenters. The Hall–Kier alpha value is -1.47. The van der Waals surface area contributed by atoms with Gasteiger partial charge in [0.15, 0.2) is 0 Å². The molecule has 0 saturated carbocycles. The standard InChI is InChI=1S/C10H16N4O3/c1-5(15)7-6(8(11)16)4-14(7)9-10(17)13-3-2-12-9/h6-7,9,12H,2-4H2,1H3,(H2,11,16)(H,13,17). The van der Waals surface area contributed by atoms with Crippen molar-refractivity contribution in [2.24, 2.45) is 11.7 Å². The van der Waals surface area contributed by atoms with Crippen molar-refractivity contribution in [3.8, 4) is 0 Å². The van der Waals surface area contributed by atoms with Gasteiger partial charge < -0.3 is 11.1 Å². The van der Waals surface area contributed by atoms with Crippen molar-refractivity contribution >= 4 is 17.6 Å². The third kappa shape index (κ3) is 2.03. The first-order valence-corrected chi connectivity index (χ1v) is 5.59. The quantitative estimate of drug-likeness (QED) is 0.502. The molecule has 0 aromatic rings. The number of ketones is 1. The minimum atomic E-state index is -0.575. The van der Waals surface area contributed by atoms with Gasteiger partial charge in [0.05, 0.1) is 12.0 Å². The highest BCUT2D eigenvalue weighted by Gasteiger charge is 2.50. The largest absolute Gasteiger partial charge is 0.369 e. The fourth-order valence-electron chi connectivity index (χ4n) is 2.41. The molecule has 0 spiro atoms. The number of hydrogen-bond acceptors (Lipinski definition) is 5. The van der Waals surface area contributed by atoms with Gasteiger partial charge in [-0.25, -0.2) is 0 Å². The molecule has 7 heteroatoms. The monoisotopic (exact) mass is 240 g/mol. The zero-order valence-corrected chi connectivity index (χ0v) is 9.60. The Morgan fingerprint density at radius 1 is 1.41 bits per heavy atom. The van der Waals surface area contributed by atoms with E-state index < -0.39 is 24.0 Å². The molecule has 0 aromatic heterocycles. The lowest BCUT2D eigenvalue weighted by molar-refractivity contribution is -0.153. The molecule has 17 heavy (non-hydrogen) atoms. The van der Waals surface area contributed by atoms with Crippen LogP contribution >= 0.6 is 0 Å². The summed E-state index contributed by atoms with van der Waals surface area (Å²) in [5.74, 6) is -1.27. The molecule has 0 radical (unpaired) electrons. The number of likely N-dealkylation sites (tertiary alicyclic amines) is 1. The van der Waals surface area contributed by atoms with Crippen molar-refractivity contribution in [3.05, 3.63) is 0 Å². The molecule has 4 N–H and O–H groups in total. The zero-order chi connectivity index (χ0) is 12.6. The van der Waals surface area contributed by atoms with Crippen LogP contribution in [0.15, 0.2) is 0 Å². The van der Waals surface area contributed by atoms with E-state index in [1.807, 2.05) is 0 Å². The lowest BCUT2D eigenvalue weighted by Crippen LogP contribution is -2.73. The van der Waals surface area contributed by atoms with Gasteiger partial charge in [0.2, 0.25) is 5.91 Å². The summed E-state index contributed by atoms with van der Waals surface area (Å²) >= 11 is 0. The minimum absolute atomic E-state index is 0.139. The number of nitrogens with two attached hydrogens (primary N) is 1. The van der Waals surface area contributed by atoms with Gasteiger partial charge in [-0.1, -0.05) is 0 Å². The summed E-state index contributed by atoms with van der Waals surface area (Å²) < 4.78 is 0. The van der Waals surface area contributed by atoms with Gasteiger partial charge in [-0.05, 0) is 6.92 Å². The molecule has 94 valence electrons. The number of rotatable bonds is 3. The van der Waals surface area contributed by atoms with Gasteiger partial charge in [-0.3, -0.25) is 24.6 Å². The molecule has 2 aliphatic rings.